The van der Waals surface area contributed by atoms with Crippen molar-refractivity contribution < 1.29 is 50.4 Å². The minimum atomic E-state index is -1.07. The first-order valence-corrected chi connectivity index (χ1v) is 14.6. The molecule has 0 spiro atoms. The van der Waals surface area contributed by atoms with Crippen molar-refractivity contribution in [2.45, 2.75) is 0 Å². The first-order chi connectivity index (χ1) is 23.1. The first-order valence-electron chi connectivity index (χ1n) is 14.6. The standard InChI is InChI=1S/2C17H11NO4.C2H8N2/c2*19-14(11-7-3-1-4-8-11)13-15(20)17(22)18(16(13)21)12-9-5-2-6-10-12;3-1-2-4/h2*1-10,19H;1-4H2. The minimum Gasteiger partial charge on any atom is -0.871 e. The first kappa shape index (κ1) is 34.4. The van der Waals surface area contributed by atoms with Crippen LogP contribution in [0.2, 0.25) is 0 Å². The second kappa shape index (κ2) is 15.7. The third kappa shape index (κ3) is 7.15. The fourth-order valence-electron chi connectivity index (χ4n) is 4.51. The maximum atomic E-state index is 12.4. The van der Waals surface area contributed by atoms with Crippen molar-refractivity contribution in [3.63, 3.8) is 0 Å². The molecule has 2 aliphatic rings. The van der Waals surface area contributed by atoms with Crippen molar-refractivity contribution in [2.24, 2.45) is 0 Å². The molecule has 4 aromatic rings. The van der Waals surface area contributed by atoms with Crippen LogP contribution in [0.5, 0.6) is 0 Å². The van der Waals surface area contributed by atoms with Crippen LogP contribution < -0.4 is 31.5 Å². The SMILES string of the molecule is O=C1C(=O)N(c2ccccc2)C(=O)C1=C([O-])c1ccccc1.O=C1C(=O)N(c2ccccc2)C(=O)C1=C([O-])c1ccccc1.[NH3+]CC[NH3+]. The summed E-state index contributed by atoms with van der Waals surface area (Å²) in [7, 11) is 0. The van der Waals surface area contributed by atoms with Crippen molar-refractivity contribution in [1.82, 2.24) is 0 Å². The van der Waals surface area contributed by atoms with Crippen molar-refractivity contribution in [2.75, 3.05) is 22.9 Å². The topological polar surface area (TPSA) is 210 Å². The molecular weight excluding hydrogens is 616 g/mol. The van der Waals surface area contributed by atoms with Crippen LogP contribution in [0.25, 0.3) is 11.5 Å². The minimum absolute atomic E-state index is 0.196. The number of carbonyl (C=O) groups excluding carboxylic acids is 6. The highest BCUT2D eigenvalue weighted by atomic mass is 16.3. The number of quaternary nitrogens is 2. The predicted molar refractivity (Wildman–Crippen MR) is 170 cm³/mol. The van der Waals surface area contributed by atoms with Gasteiger partial charge in [-0.3, -0.25) is 28.8 Å². The van der Waals surface area contributed by atoms with E-state index in [1.807, 2.05) is 0 Å². The van der Waals surface area contributed by atoms with Crippen LogP contribution in [-0.4, -0.2) is 48.3 Å². The van der Waals surface area contributed by atoms with E-state index in [9.17, 15) is 39.0 Å². The lowest BCUT2D eigenvalue weighted by atomic mass is 10.1. The molecule has 48 heavy (non-hydrogen) atoms. The third-order valence-corrected chi connectivity index (χ3v) is 6.89. The number of Topliss-reactive ketones (excluding diaryl/α,β-unsaturated/α-hetero) is 2. The van der Waals surface area contributed by atoms with Crippen LogP contribution in [0, 0.1) is 0 Å². The molecule has 2 heterocycles. The van der Waals surface area contributed by atoms with E-state index in [1.54, 1.807) is 72.8 Å². The molecule has 2 fully saturated rings. The number of rotatable bonds is 5. The Balaban J connectivity index is 0.000000195. The van der Waals surface area contributed by atoms with Gasteiger partial charge in [0, 0.05) is 0 Å². The molecule has 4 aromatic carbocycles. The van der Waals surface area contributed by atoms with E-state index in [2.05, 4.69) is 11.5 Å². The molecule has 6 rings (SSSR count). The molecule has 0 aliphatic carbocycles. The fraction of sp³-hybridized carbons (Fsp3) is 0.0556. The molecule has 6 N–H and O–H groups in total. The lowest BCUT2D eigenvalue weighted by Crippen LogP contribution is -2.64. The van der Waals surface area contributed by atoms with E-state index >= 15 is 0 Å². The zero-order valence-corrected chi connectivity index (χ0v) is 25.5. The number of para-hydroxylation sites is 2. The van der Waals surface area contributed by atoms with Gasteiger partial charge in [0.2, 0.25) is 0 Å². The summed E-state index contributed by atoms with van der Waals surface area (Å²) in [5, 5.41) is 24.7. The van der Waals surface area contributed by atoms with E-state index in [1.165, 1.54) is 48.5 Å². The lowest BCUT2D eigenvalue weighted by Gasteiger charge is -2.15. The summed E-state index contributed by atoms with van der Waals surface area (Å²) < 4.78 is 0. The lowest BCUT2D eigenvalue weighted by molar-refractivity contribution is -0.453. The Hall–Kier alpha value is -6.50. The maximum Gasteiger partial charge on any atom is 0.306 e. The number of anilines is 2. The Labute approximate surface area is 274 Å². The number of ketones is 2. The number of nitrogens with zero attached hydrogens (tertiary/aromatic N) is 2. The fourth-order valence-corrected chi connectivity index (χ4v) is 4.51. The Morgan fingerprint density at radius 2 is 0.708 bits per heavy atom. The van der Waals surface area contributed by atoms with Gasteiger partial charge in [0.1, 0.15) is 13.1 Å². The summed E-state index contributed by atoms with van der Waals surface area (Å²) in [6, 6.07) is 32.0. The number of imide groups is 2. The molecule has 0 bridgehead atoms. The molecule has 0 atom stereocenters. The highest BCUT2D eigenvalue weighted by Gasteiger charge is 2.44. The predicted octanol–water partition coefficient (Wildman–Crippen LogP) is -0.729. The molecule has 2 saturated heterocycles. The molecule has 0 radical (unpaired) electrons. The van der Waals surface area contributed by atoms with Crippen LogP contribution in [0.1, 0.15) is 11.1 Å². The summed E-state index contributed by atoms with van der Waals surface area (Å²) in [4.78, 5) is 74.4. The molecular formula is C36H30N4O8. The van der Waals surface area contributed by atoms with Gasteiger partial charge in [-0.2, -0.15) is 0 Å². The number of carbonyl (C=O) groups is 6. The quantitative estimate of drug-likeness (QED) is 0.0926. The summed E-state index contributed by atoms with van der Waals surface area (Å²) in [6.07, 6.45) is 0. The van der Waals surface area contributed by atoms with E-state index in [4.69, 9.17) is 0 Å². The zero-order chi connectivity index (χ0) is 34.8. The molecule has 2 aliphatic heterocycles. The van der Waals surface area contributed by atoms with Crippen molar-refractivity contribution in [1.29, 1.82) is 0 Å². The molecule has 242 valence electrons. The normalized spacial score (nSPS) is 16.3. The number of hydrogen-bond acceptors (Lipinski definition) is 8. The van der Waals surface area contributed by atoms with E-state index in [0.717, 1.165) is 22.9 Å². The smallest absolute Gasteiger partial charge is 0.306 e. The van der Waals surface area contributed by atoms with Crippen LogP contribution in [0.3, 0.4) is 0 Å². The number of benzene rings is 4. The van der Waals surface area contributed by atoms with Gasteiger partial charge >= 0.3 is 11.8 Å². The Morgan fingerprint density at radius 1 is 0.438 bits per heavy atom. The second-order valence-corrected chi connectivity index (χ2v) is 10.1. The van der Waals surface area contributed by atoms with E-state index in [-0.39, 0.29) is 22.5 Å². The van der Waals surface area contributed by atoms with Gasteiger partial charge in [-0.05, 0) is 35.4 Å². The monoisotopic (exact) mass is 646 g/mol. The Bertz CT molecular complexity index is 1770. The largest absolute Gasteiger partial charge is 0.871 e. The van der Waals surface area contributed by atoms with Gasteiger partial charge in [-0.1, -0.05) is 109 Å². The third-order valence-electron chi connectivity index (χ3n) is 6.89. The molecule has 0 aromatic heterocycles. The van der Waals surface area contributed by atoms with Crippen LogP contribution in [0.4, 0.5) is 11.4 Å². The number of hydrogen-bond donors (Lipinski definition) is 2. The van der Waals surface area contributed by atoms with Crippen molar-refractivity contribution in [3.05, 3.63) is 144 Å². The van der Waals surface area contributed by atoms with Gasteiger partial charge in [-0.15, -0.1) is 0 Å². The Kier molecular flexibility index (Phi) is 11.2. The van der Waals surface area contributed by atoms with Crippen molar-refractivity contribution >= 4 is 58.1 Å². The average Bonchev–Trinajstić information content (AvgIpc) is 3.50. The Morgan fingerprint density at radius 3 is 0.979 bits per heavy atom. The highest BCUT2D eigenvalue weighted by molar-refractivity contribution is 6.65. The summed E-state index contributed by atoms with van der Waals surface area (Å²) in [5.74, 6) is -7.37. The maximum absolute atomic E-state index is 12.4. The van der Waals surface area contributed by atoms with Gasteiger partial charge in [0.15, 0.2) is 0 Å². The van der Waals surface area contributed by atoms with Gasteiger partial charge < -0.3 is 21.7 Å². The van der Waals surface area contributed by atoms with Crippen LogP contribution in [-0.2, 0) is 28.8 Å². The summed E-state index contributed by atoms with van der Waals surface area (Å²) >= 11 is 0. The van der Waals surface area contributed by atoms with Gasteiger partial charge in [-0.25, -0.2) is 9.80 Å². The molecule has 4 amide bonds. The van der Waals surface area contributed by atoms with E-state index < -0.39 is 57.9 Å². The van der Waals surface area contributed by atoms with Crippen molar-refractivity contribution in [3.8, 4) is 0 Å². The van der Waals surface area contributed by atoms with E-state index in [0.29, 0.717) is 0 Å². The molecule has 0 unspecified atom stereocenters. The summed E-state index contributed by atoms with van der Waals surface area (Å²) in [6.45, 7) is 1.92. The molecule has 12 nitrogen and oxygen atoms in total. The highest BCUT2D eigenvalue weighted by Crippen LogP contribution is 2.28. The molecule has 0 saturated carbocycles. The summed E-state index contributed by atoms with van der Waals surface area (Å²) in [5.41, 5.74) is 6.78. The van der Waals surface area contributed by atoms with Crippen LogP contribution in [0.15, 0.2) is 132 Å². The zero-order valence-electron chi connectivity index (χ0n) is 25.5. The molecule has 12 heteroatoms. The second-order valence-electron chi connectivity index (χ2n) is 10.1. The number of amides is 4. The van der Waals surface area contributed by atoms with Gasteiger partial charge in [0.05, 0.1) is 22.5 Å². The van der Waals surface area contributed by atoms with Crippen LogP contribution >= 0.6 is 0 Å². The van der Waals surface area contributed by atoms with Gasteiger partial charge in [0.25, 0.3) is 23.4 Å². The average molecular weight is 647 g/mol.